The van der Waals surface area contributed by atoms with Gasteiger partial charge in [-0.2, -0.15) is 0 Å². The quantitative estimate of drug-likeness (QED) is 0.645. The molecule has 0 heterocycles. The largest absolute Gasteiger partial charge is 0.326 e. The van der Waals surface area contributed by atoms with E-state index < -0.39 is 0 Å². The smallest absolute Gasteiger partial charge is 0.0247 e. The van der Waals surface area contributed by atoms with Crippen molar-refractivity contribution in [1.82, 2.24) is 4.90 Å². The third-order valence-electron chi connectivity index (χ3n) is 2.76. The lowest BCUT2D eigenvalue weighted by Crippen LogP contribution is -2.47. The summed E-state index contributed by atoms with van der Waals surface area (Å²) in [4.78, 5) is 2.32. The summed E-state index contributed by atoms with van der Waals surface area (Å²) < 4.78 is 0. The van der Waals surface area contributed by atoms with Gasteiger partial charge in [-0.1, -0.05) is 18.9 Å². The molecule has 0 amide bonds. The highest BCUT2D eigenvalue weighted by atomic mass is 15.1. The highest BCUT2D eigenvalue weighted by Crippen LogP contribution is 2.20. The van der Waals surface area contributed by atoms with Crippen molar-refractivity contribution < 1.29 is 0 Å². The van der Waals surface area contributed by atoms with Crippen LogP contribution in [-0.4, -0.2) is 30.6 Å². The molecule has 70 valence electrons. The van der Waals surface area contributed by atoms with Gasteiger partial charge in [0, 0.05) is 18.6 Å². The monoisotopic (exact) mass is 168 g/mol. The second-order valence-electron chi connectivity index (χ2n) is 3.74. The van der Waals surface area contributed by atoms with Crippen LogP contribution < -0.4 is 5.73 Å². The third-order valence-corrected chi connectivity index (χ3v) is 2.76. The Bertz CT molecular complexity index is 145. The molecule has 0 saturated heterocycles. The maximum absolute atomic E-state index is 6.03. The zero-order valence-electron chi connectivity index (χ0n) is 8.00. The van der Waals surface area contributed by atoms with Gasteiger partial charge in [0.2, 0.25) is 0 Å². The van der Waals surface area contributed by atoms with E-state index in [1.165, 1.54) is 25.7 Å². The number of hydrogen-bond donors (Lipinski definition) is 1. The van der Waals surface area contributed by atoms with Gasteiger partial charge in [0.1, 0.15) is 0 Å². The lowest BCUT2D eigenvalue weighted by Gasteiger charge is -2.35. The fourth-order valence-electron chi connectivity index (χ4n) is 2.03. The van der Waals surface area contributed by atoms with Crippen molar-refractivity contribution in [2.45, 2.75) is 37.8 Å². The minimum absolute atomic E-state index is 0.378. The lowest BCUT2D eigenvalue weighted by molar-refractivity contribution is 0.184. The highest BCUT2D eigenvalue weighted by molar-refractivity contribution is 4.87. The Morgan fingerprint density at radius 2 is 2.17 bits per heavy atom. The highest BCUT2D eigenvalue weighted by Gasteiger charge is 2.24. The summed E-state index contributed by atoms with van der Waals surface area (Å²) in [5, 5.41) is 0. The molecular formula is C10H20N2. The predicted octanol–water partition coefficient (Wildman–Crippen LogP) is 1.37. The van der Waals surface area contributed by atoms with Crippen molar-refractivity contribution in [3.05, 3.63) is 12.7 Å². The number of nitrogens with zero attached hydrogens (tertiary/aromatic N) is 1. The van der Waals surface area contributed by atoms with Gasteiger partial charge in [0.05, 0.1) is 0 Å². The van der Waals surface area contributed by atoms with Crippen molar-refractivity contribution in [1.29, 1.82) is 0 Å². The summed E-state index contributed by atoms with van der Waals surface area (Å²) in [5.74, 6) is 0. The first-order valence-electron chi connectivity index (χ1n) is 4.82. The molecule has 1 fully saturated rings. The third kappa shape index (κ3) is 2.32. The summed E-state index contributed by atoms with van der Waals surface area (Å²) in [6.45, 7) is 4.69. The molecule has 0 bridgehead atoms. The molecule has 2 heteroatoms. The molecule has 0 spiro atoms. The van der Waals surface area contributed by atoms with E-state index in [2.05, 4.69) is 18.5 Å². The van der Waals surface area contributed by atoms with Gasteiger partial charge in [-0.15, -0.1) is 6.58 Å². The first-order valence-corrected chi connectivity index (χ1v) is 4.82. The van der Waals surface area contributed by atoms with E-state index in [4.69, 9.17) is 5.73 Å². The van der Waals surface area contributed by atoms with E-state index in [0.29, 0.717) is 12.1 Å². The van der Waals surface area contributed by atoms with Crippen LogP contribution >= 0.6 is 0 Å². The van der Waals surface area contributed by atoms with Gasteiger partial charge in [-0.05, 0) is 19.9 Å². The minimum Gasteiger partial charge on any atom is -0.326 e. The molecule has 1 rings (SSSR count). The summed E-state index contributed by atoms with van der Waals surface area (Å²) in [5.41, 5.74) is 6.03. The second-order valence-corrected chi connectivity index (χ2v) is 3.74. The average Bonchev–Trinajstić information content (AvgIpc) is 2.05. The van der Waals surface area contributed by atoms with E-state index >= 15 is 0 Å². The maximum atomic E-state index is 6.03. The van der Waals surface area contributed by atoms with Crippen LogP contribution in [0.2, 0.25) is 0 Å². The van der Waals surface area contributed by atoms with Crippen LogP contribution in [0.3, 0.4) is 0 Å². The Morgan fingerprint density at radius 1 is 1.50 bits per heavy atom. The normalized spacial score (nSPS) is 30.6. The van der Waals surface area contributed by atoms with Crippen LogP contribution in [0.25, 0.3) is 0 Å². The fraction of sp³-hybridized carbons (Fsp3) is 0.800. The Hall–Kier alpha value is -0.340. The lowest BCUT2D eigenvalue weighted by atomic mass is 9.90. The molecule has 1 aliphatic carbocycles. The zero-order valence-corrected chi connectivity index (χ0v) is 8.00. The predicted molar refractivity (Wildman–Crippen MR) is 53.1 cm³/mol. The number of hydrogen-bond acceptors (Lipinski definition) is 2. The van der Waals surface area contributed by atoms with Crippen LogP contribution in [0.4, 0.5) is 0 Å². The van der Waals surface area contributed by atoms with Crippen LogP contribution in [0.15, 0.2) is 12.7 Å². The van der Waals surface area contributed by atoms with E-state index in [0.717, 1.165) is 6.54 Å². The number of likely N-dealkylation sites (N-methyl/N-ethyl adjacent to an activating group) is 1. The maximum Gasteiger partial charge on any atom is 0.0247 e. The topological polar surface area (TPSA) is 29.3 Å². The van der Waals surface area contributed by atoms with Crippen molar-refractivity contribution in [2.24, 2.45) is 5.73 Å². The van der Waals surface area contributed by atoms with Crippen LogP contribution in [0, 0.1) is 0 Å². The SMILES string of the molecule is C=CCN(C)[C@@H]1CCCC[C@H]1N. The summed E-state index contributed by atoms with van der Waals surface area (Å²) >= 11 is 0. The van der Waals surface area contributed by atoms with E-state index in [1.807, 2.05) is 6.08 Å². The summed E-state index contributed by atoms with van der Waals surface area (Å²) in [6, 6.07) is 0.959. The molecule has 2 N–H and O–H groups in total. The van der Waals surface area contributed by atoms with E-state index in [9.17, 15) is 0 Å². The molecule has 2 nitrogen and oxygen atoms in total. The minimum atomic E-state index is 0.378. The number of rotatable bonds is 3. The molecule has 0 aromatic heterocycles. The fourth-order valence-corrected chi connectivity index (χ4v) is 2.03. The first-order chi connectivity index (χ1) is 5.75. The summed E-state index contributed by atoms with van der Waals surface area (Å²) in [6.07, 6.45) is 7.03. The molecule has 0 aromatic rings. The van der Waals surface area contributed by atoms with Crippen LogP contribution in [-0.2, 0) is 0 Å². The van der Waals surface area contributed by atoms with Gasteiger partial charge in [0.25, 0.3) is 0 Å². The molecule has 1 aliphatic rings. The molecule has 0 aliphatic heterocycles. The summed E-state index contributed by atoms with van der Waals surface area (Å²) in [7, 11) is 2.14. The van der Waals surface area contributed by atoms with Crippen molar-refractivity contribution in [3.63, 3.8) is 0 Å². The Kier molecular flexibility index (Phi) is 3.76. The van der Waals surface area contributed by atoms with E-state index in [-0.39, 0.29) is 0 Å². The van der Waals surface area contributed by atoms with E-state index in [1.54, 1.807) is 0 Å². The standard InChI is InChI=1S/C10H20N2/c1-3-8-12(2)10-7-5-4-6-9(10)11/h3,9-10H,1,4-8,11H2,2H3/t9-,10-/m1/s1. The van der Waals surface area contributed by atoms with Crippen molar-refractivity contribution in [2.75, 3.05) is 13.6 Å². The molecule has 0 unspecified atom stereocenters. The van der Waals surface area contributed by atoms with Crippen molar-refractivity contribution >= 4 is 0 Å². The van der Waals surface area contributed by atoms with Crippen LogP contribution in [0.1, 0.15) is 25.7 Å². The molecule has 2 atom stereocenters. The zero-order chi connectivity index (χ0) is 8.97. The first kappa shape index (κ1) is 9.75. The Morgan fingerprint density at radius 3 is 2.75 bits per heavy atom. The van der Waals surface area contributed by atoms with Gasteiger partial charge < -0.3 is 5.73 Å². The number of nitrogens with two attached hydrogens (primary N) is 1. The Balaban J connectivity index is 2.41. The van der Waals surface area contributed by atoms with Gasteiger partial charge in [-0.3, -0.25) is 4.90 Å². The van der Waals surface area contributed by atoms with Crippen LogP contribution in [0.5, 0.6) is 0 Å². The molecule has 1 saturated carbocycles. The molecule has 0 radical (unpaired) electrons. The van der Waals surface area contributed by atoms with Crippen molar-refractivity contribution in [3.8, 4) is 0 Å². The van der Waals surface area contributed by atoms with Gasteiger partial charge in [0.15, 0.2) is 0 Å². The average molecular weight is 168 g/mol. The second kappa shape index (κ2) is 4.63. The molecule has 0 aromatic carbocycles. The Labute approximate surface area is 75.4 Å². The van der Waals surface area contributed by atoms with Gasteiger partial charge in [-0.25, -0.2) is 0 Å². The molecular weight excluding hydrogens is 148 g/mol. The van der Waals surface area contributed by atoms with Gasteiger partial charge >= 0.3 is 0 Å². The molecule has 12 heavy (non-hydrogen) atoms.